The molecule has 1 atom stereocenters. The van der Waals surface area contributed by atoms with E-state index in [2.05, 4.69) is 0 Å². The molecular weight excluding hydrogens is 163 g/mol. The zero-order chi connectivity index (χ0) is 8.27. The minimum absolute atomic E-state index is 0. The van der Waals surface area contributed by atoms with Crippen LogP contribution in [0.3, 0.4) is 0 Å². The van der Waals surface area contributed by atoms with Crippen molar-refractivity contribution in [2.24, 2.45) is 11.8 Å². The Bertz CT molecular complexity index is 141. The number of hydrogen-bond acceptors (Lipinski definition) is 2. The van der Waals surface area contributed by atoms with Crippen molar-refractivity contribution in [3.63, 3.8) is 0 Å². The Morgan fingerprint density at radius 2 is 1.83 bits per heavy atom. The Balaban J connectivity index is 0.00000121. The van der Waals surface area contributed by atoms with E-state index in [9.17, 15) is 9.90 Å². The molecule has 0 N–H and O–H groups in total. The second-order valence-electron chi connectivity index (χ2n) is 3.51. The number of carboxylic acids is 1. The van der Waals surface area contributed by atoms with Crippen LogP contribution in [0.15, 0.2) is 0 Å². The summed E-state index contributed by atoms with van der Waals surface area (Å²) in [7, 11) is 0. The summed E-state index contributed by atoms with van der Waals surface area (Å²) in [5.74, 6) is -0.735. The van der Waals surface area contributed by atoms with Crippen molar-refractivity contribution in [2.45, 2.75) is 39.0 Å². The Morgan fingerprint density at radius 1 is 1.33 bits per heavy atom. The molecule has 1 rings (SSSR count). The molecule has 0 spiro atoms. The zero-order valence-electron chi connectivity index (χ0n) is 8.01. The average molecular weight is 178 g/mol. The van der Waals surface area contributed by atoms with Crippen LogP contribution in [0.25, 0.3) is 0 Å². The van der Waals surface area contributed by atoms with Gasteiger partial charge in [-0.25, -0.2) is 0 Å². The van der Waals surface area contributed by atoms with Gasteiger partial charge in [0.2, 0.25) is 0 Å². The van der Waals surface area contributed by atoms with Crippen molar-refractivity contribution in [2.75, 3.05) is 0 Å². The first-order valence-electron chi connectivity index (χ1n) is 4.42. The number of hydrogen-bond donors (Lipinski definition) is 0. The minimum atomic E-state index is -0.878. The van der Waals surface area contributed by atoms with Gasteiger partial charge in [-0.15, -0.1) is 0 Å². The van der Waals surface area contributed by atoms with E-state index in [0.717, 1.165) is 12.8 Å². The van der Waals surface area contributed by atoms with Crippen molar-refractivity contribution in [1.82, 2.24) is 0 Å². The molecule has 64 valence electrons. The first-order chi connectivity index (χ1) is 5.22. The van der Waals surface area contributed by atoms with Gasteiger partial charge in [0.15, 0.2) is 0 Å². The fourth-order valence-corrected chi connectivity index (χ4v) is 1.83. The Kier molecular flexibility index (Phi) is 6.24. The Hall–Kier alpha value is 0.470. The first kappa shape index (κ1) is 12.5. The first-order valence-corrected chi connectivity index (χ1v) is 4.42. The maximum Gasteiger partial charge on any atom is 1.00 e. The standard InChI is InChI=1S/C9H16O2.Na/c1-7(9(10)11)8-5-3-2-4-6-8;/h7-8H,2-6H2,1H3,(H,10,11);/q;+1/p-1. The fourth-order valence-electron chi connectivity index (χ4n) is 1.83. The molecule has 1 fully saturated rings. The topological polar surface area (TPSA) is 40.1 Å². The second-order valence-corrected chi connectivity index (χ2v) is 3.51. The summed E-state index contributed by atoms with van der Waals surface area (Å²) in [5, 5.41) is 10.5. The maximum absolute atomic E-state index is 10.5. The molecular formula is C9H15NaO2. The van der Waals surface area contributed by atoms with E-state index in [-0.39, 0.29) is 35.5 Å². The van der Waals surface area contributed by atoms with Gasteiger partial charge in [-0.2, -0.15) is 0 Å². The molecule has 0 aromatic rings. The number of rotatable bonds is 2. The van der Waals surface area contributed by atoms with Crippen LogP contribution in [-0.2, 0) is 4.79 Å². The molecule has 0 radical (unpaired) electrons. The smallest absolute Gasteiger partial charge is 0.550 e. The predicted octanol–water partition coefficient (Wildman–Crippen LogP) is -2.04. The molecule has 0 aromatic carbocycles. The van der Waals surface area contributed by atoms with Crippen LogP contribution in [0.1, 0.15) is 39.0 Å². The summed E-state index contributed by atoms with van der Waals surface area (Å²) in [6.45, 7) is 1.77. The van der Waals surface area contributed by atoms with E-state index in [4.69, 9.17) is 0 Å². The van der Waals surface area contributed by atoms with Gasteiger partial charge in [0.25, 0.3) is 0 Å². The third kappa shape index (κ3) is 3.46. The second kappa shape index (κ2) is 6.01. The number of aliphatic carboxylic acids is 1. The maximum atomic E-state index is 10.5. The van der Waals surface area contributed by atoms with Crippen molar-refractivity contribution in [3.8, 4) is 0 Å². The van der Waals surface area contributed by atoms with Crippen LogP contribution >= 0.6 is 0 Å². The minimum Gasteiger partial charge on any atom is -0.550 e. The van der Waals surface area contributed by atoms with Gasteiger partial charge in [0.05, 0.1) is 0 Å². The van der Waals surface area contributed by atoms with Gasteiger partial charge in [0, 0.05) is 5.97 Å². The summed E-state index contributed by atoms with van der Waals surface area (Å²) in [5.41, 5.74) is 0. The van der Waals surface area contributed by atoms with E-state index >= 15 is 0 Å². The molecule has 12 heavy (non-hydrogen) atoms. The third-order valence-corrected chi connectivity index (χ3v) is 2.73. The molecule has 0 amide bonds. The van der Waals surface area contributed by atoms with Gasteiger partial charge in [-0.1, -0.05) is 26.2 Å². The quantitative estimate of drug-likeness (QED) is 0.457. The molecule has 2 nitrogen and oxygen atoms in total. The number of carboxylic acid groups (broad SMARTS) is 1. The molecule has 3 heteroatoms. The monoisotopic (exact) mass is 178 g/mol. The van der Waals surface area contributed by atoms with E-state index in [1.54, 1.807) is 6.92 Å². The summed E-state index contributed by atoms with van der Waals surface area (Å²) in [6.07, 6.45) is 5.82. The van der Waals surface area contributed by atoms with Gasteiger partial charge in [-0.3, -0.25) is 0 Å². The van der Waals surface area contributed by atoms with Gasteiger partial charge < -0.3 is 9.90 Å². The van der Waals surface area contributed by atoms with Crippen molar-refractivity contribution < 1.29 is 39.5 Å². The van der Waals surface area contributed by atoms with Gasteiger partial charge in [-0.05, 0) is 24.7 Å². The number of carbonyl (C=O) groups excluding carboxylic acids is 1. The average Bonchev–Trinajstić information content (AvgIpc) is 2.05. The molecule has 0 aromatic heterocycles. The largest absolute Gasteiger partial charge is 1.00 e. The molecule has 0 aliphatic heterocycles. The van der Waals surface area contributed by atoms with Gasteiger partial charge in [0.1, 0.15) is 0 Å². The predicted molar refractivity (Wildman–Crippen MR) is 40.7 cm³/mol. The summed E-state index contributed by atoms with van der Waals surface area (Å²) in [4.78, 5) is 10.5. The molecule has 1 aliphatic carbocycles. The fraction of sp³-hybridized carbons (Fsp3) is 0.889. The van der Waals surface area contributed by atoms with E-state index in [1.165, 1.54) is 19.3 Å². The van der Waals surface area contributed by atoms with Crippen LogP contribution in [0.4, 0.5) is 0 Å². The molecule has 1 unspecified atom stereocenters. The van der Waals surface area contributed by atoms with Gasteiger partial charge >= 0.3 is 29.6 Å². The van der Waals surface area contributed by atoms with Crippen molar-refractivity contribution in [3.05, 3.63) is 0 Å². The SMILES string of the molecule is CC(C(=O)[O-])C1CCCCC1.[Na+]. The van der Waals surface area contributed by atoms with E-state index in [1.807, 2.05) is 0 Å². The summed E-state index contributed by atoms with van der Waals surface area (Å²) in [6, 6.07) is 0. The molecule has 1 aliphatic rings. The summed E-state index contributed by atoms with van der Waals surface area (Å²) >= 11 is 0. The third-order valence-electron chi connectivity index (χ3n) is 2.73. The normalized spacial score (nSPS) is 21.1. The Labute approximate surface area is 96.0 Å². The van der Waals surface area contributed by atoms with Crippen LogP contribution in [0.2, 0.25) is 0 Å². The molecule has 0 saturated heterocycles. The zero-order valence-corrected chi connectivity index (χ0v) is 10.0. The molecule has 0 heterocycles. The number of carbonyl (C=O) groups is 1. The summed E-state index contributed by atoms with van der Waals surface area (Å²) < 4.78 is 0. The Morgan fingerprint density at radius 3 is 2.25 bits per heavy atom. The van der Waals surface area contributed by atoms with Crippen LogP contribution < -0.4 is 34.7 Å². The van der Waals surface area contributed by atoms with Crippen LogP contribution in [-0.4, -0.2) is 5.97 Å². The molecule has 1 saturated carbocycles. The van der Waals surface area contributed by atoms with Crippen molar-refractivity contribution >= 4 is 5.97 Å². The molecule has 0 bridgehead atoms. The van der Waals surface area contributed by atoms with Crippen molar-refractivity contribution in [1.29, 1.82) is 0 Å². The van der Waals surface area contributed by atoms with E-state index < -0.39 is 5.97 Å². The van der Waals surface area contributed by atoms with Crippen LogP contribution in [0, 0.1) is 11.8 Å². The van der Waals surface area contributed by atoms with E-state index in [0.29, 0.717) is 5.92 Å². The van der Waals surface area contributed by atoms with Crippen LogP contribution in [0.5, 0.6) is 0 Å².